The summed E-state index contributed by atoms with van der Waals surface area (Å²) in [6, 6.07) is 2.87. The van der Waals surface area contributed by atoms with Gasteiger partial charge in [0.15, 0.2) is 16.8 Å². The molecule has 7 nitrogen and oxygen atoms in total. The number of thiazole rings is 1. The lowest BCUT2D eigenvalue weighted by atomic mass is 9.91. The van der Waals surface area contributed by atoms with Crippen LogP contribution >= 0.6 is 11.3 Å². The number of piperazine rings is 1. The maximum absolute atomic E-state index is 12.8. The molecule has 2 aromatic heterocycles. The van der Waals surface area contributed by atoms with Crippen LogP contribution in [0, 0.1) is 0 Å². The summed E-state index contributed by atoms with van der Waals surface area (Å²) in [5, 5.41) is 13.5. The number of alkyl halides is 3. The van der Waals surface area contributed by atoms with E-state index in [-0.39, 0.29) is 29.2 Å². The van der Waals surface area contributed by atoms with Crippen LogP contribution in [0.2, 0.25) is 0 Å². The lowest BCUT2D eigenvalue weighted by Crippen LogP contribution is -2.67. The number of fused-ring (bicyclic) bond motifs is 3. The average molecular weight is 398 g/mol. The van der Waals surface area contributed by atoms with Gasteiger partial charge in [0.2, 0.25) is 0 Å². The number of benzene rings is 1. The Kier molecular flexibility index (Phi) is 3.61. The van der Waals surface area contributed by atoms with Crippen molar-refractivity contribution in [2.24, 2.45) is 0 Å². The van der Waals surface area contributed by atoms with E-state index in [1.165, 1.54) is 28.5 Å². The lowest BCUT2D eigenvalue weighted by molar-refractivity contribution is -0.274. The van der Waals surface area contributed by atoms with Crippen LogP contribution in [0.25, 0.3) is 21.7 Å². The summed E-state index contributed by atoms with van der Waals surface area (Å²) < 4.78 is 48.3. The molecular formula is C16H13F3N4O3S. The number of hydrogen-bond acceptors (Lipinski definition) is 8. The molecule has 0 saturated carbocycles. The Hall–Kier alpha value is -2.37. The van der Waals surface area contributed by atoms with Gasteiger partial charge in [-0.1, -0.05) is 0 Å². The molecule has 1 N–H and O–H groups in total. The summed E-state index contributed by atoms with van der Waals surface area (Å²) in [5.41, 5.74) is 0.746. The minimum Gasteiger partial charge on any atom is -0.422 e. The molecule has 27 heavy (non-hydrogen) atoms. The zero-order valence-corrected chi connectivity index (χ0v) is 14.5. The van der Waals surface area contributed by atoms with Crippen molar-refractivity contribution in [2.45, 2.75) is 24.9 Å². The highest BCUT2D eigenvalue weighted by atomic mass is 32.1. The number of hydroxylamine groups is 2. The predicted octanol–water partition coefficient (Wildman–Crippen LogP) is 3.50. The molecule has 0 amide bonds. The molecule has 5 heterocycles. The molecule has 142 valence electrons. The number of ether oxygens (including phenoxy) is 1. The van der Waals surface area contributed by atoms with Gasteiger partial charge in [-0.3, -0.25) is 0 Å². The second kappa shape index (κ2) is 5.81. The second-order valence-corrected chi connectivity index (χ2v) is 7.39. The number of piperidine rings is 1. The first-order valence-corrected chi connectivity index (χ1v) is 9.08. The third-order valence-corrected chi connectivity index (χ3v) is 5.62. The Morgan fingerprint density at radius 3 is 2.67 bits per heavy atom. The largest absolute Gasteiger partial charge is 0.573 e. The Bertz CT molecular complexity index is 979. The Morgan fingerprint density at radius 1 is 1.26 bits per heavy atom. The van der Waals surface area contributed by atoms with E-state index in [0.717, 1.165) is 6.42 Å². The maximum atomic E-state index is 12.8. The van der Waals surface area contributed by atoms with E-state index in [4.69, 9.17) is 4.42 Å². The van der Waals surface area contributed by atoms with Gasteiger partial charge in [0, 0.05) is 24.7 Å². The molecule has 0 aliphatic carbocycles. The van der Waals surface area contributed by atoms with Crippen LogP contribution in [0.15, 0.2) is 28.1 Å². The van der Waals surface area contributed by atoms with Crippen LogP contribution in [-0.4, -0.2) is 51.8 Å². The molecule has 11 heteroatoms. The summed E-state index contributed by atoms with van der Waals surface area (Å²) in [6.07, 6.45) is -2.35. The highest BCUT2D eigenvalue weighted by Gasteiger charge is 2.45. The van der Waals surface area contributed by atoms with Crippen molar-refractivity contribution in [3.05, 3.63) is 23.7 Å². The highest BCUT2D eigenvalue weighted by Crippen LogP contribution is 2.40. The van der Waals surface area contributed by atoms with Crippen LogP contribution < -0.4 is 9.64 Å². The predicted molar refractivity (Wildman–Crippen MR) is 89.8 cm³/mol. The van der Waals surface area contributed by atoms with Crippen LogP contribution in [-0.2, 0) is 0 Å². The van der Waals surface area contributed by atoms with E-state index in [1.807, 2.05) is 4.90 Å². The normalized spacial score (nSPS) is 22.9. The second-order valence-electron chi connectivity index (χ2n) is 6.50. The Labute approximate surface area is 154 Å². The van der Waals surface area contributed by atoms with Crippen molar-refractivity contribution in [1.29, 1.82) is 0 Å². The lowest BCUT2D eigenvalue weighted by Gasteiger charge is -2.52. The zero-order chi connectivity index (χ0) is 18.8. The van der Waals surface area contributed by atoms with Gasteiger partial charge in [-0.2, -0.15) is 10.0 Å². The van der Waals surface area contributed by atoms with Crippen LogP contribution in [0.4, 0.5) is 19.2 Å². The van der Waals surface area contributed by atoms with E-state index in [1.54, 1.807) is 11.6 Å². The molecule has 3 aliphatic rings. The fourth-order valence-corrected chi connectivity index (χ4v) is 4.25. The minimum absolute atomic E-state index is 0.00451. The highest BCUT2D eigenvalue weighted by molar-refractivity contribution is 7.13. The molecule has 3 saturated heterocycles. The van der Waals surface area contributed by atoms with Gasteiger partial charge in [0.05, 0.1) is 17.6 Å². The molecule has 3 aromatic rings. The molecule has 0 radical (unpaired) electrons. The van der Waals surface area contributed by atoms with Crippen molar-refractivity contribution in [2.75, 3.05) is 18.0 Å². The fourth-order valence-electron chi connectivity index (χ4n) is 3.59. The topological polar surface area (TPSA) is 74.9 Å². The summed E-state index contributed by atoms with van der Waals surface area (Å²) >= 11 is 1.35. The van der Waals surface area contributed by atoms with Gasteiger partial charge in [0.25, 0.3) is 6.01 Å². The van der Waals surface area contributed by atoms with Crippen molar-refractivity contribution in [3.63, 3.8) is 0 Å². The van der Waals surface area contributed by atoms with E-state index in [0.29, 0.717) is 23.7 Å². The van der Waals surface area contributed by atoms with Crippen molar-refractivity contribution < 1.29 is 27.5 Å². The molecule has 0 spiro atoms. The van der Waals surface area contributed by atoms with E-state index >= 15 is 0 Å². The standard InChI is InChI=1S/C16H13F3N4O3S/c17-16(18,19)26-11-2-1-10(14-20-3-4-27-14)13-12(11)21-15(25-13)22-6-8-5-9(7-22)23(8)24/h1-4,8-9,24H,5-7H2. The number of hydrogen-bond donors (Lipinski definition) is 1. The molecular weight excluding hydrogens is 385 g/mol. The first kappa shape index (κ1) is 16.8. The molecule has 2 atom stereocenters. The van der Waals surface area contributed by atoms with Gasteiger partial charge >= 0.3 is 6.36 Å². The first-order chi connectivity index (χ1) is 12.9. The van der Waals surface area contributed by atoms with E-state index in [2.05, 4.69) is 14.7 Å². The fraction of sp³-hybridized carbons (Fsp3) is 0.375. The molecule has 6 rings (SSSR count). The third kappa shape index (κ3) is 2.82. The number of aromatic nitrogens is 2. The maximum Gasteiger partial charge on any atom is 0.573 e. The summed E-state index contributed by atoms with van der Waals surface area (Å²) in [7, 11) is 0. The average Bonchev–Trinajstić information content (AvgIpc) is 3.30. The van der Waals surface area contributed by atoms with E-state index in [9.17, 15) is 18.4 Å². The summed E-state index contributed by atoms with van der Waals surface area (Å²) in [6.45, 7) is 0.976. The summed E-state index contributed by atoms with van der Waals surface area (Å²) in [5.74, 6) is -0.418. The van der Waals surface area contributed by atoms with Crippen molar-refractivity contribution >= 4 is 28.5 Å². The monoisotopic (exact) mass is 398 g/mol. The Balaban J connectivity index is 1.59. The molecule has 3 aliphatic heterocycles. The Morgan fingerprint density at radius 2 is 2.04 bits per heavy atom. The quantitative estimate of drug-likeness (QED) is 0.724. The van der Waals surface area contributed by atoms with Crippen LogP contribution in [0.3, 0.4) is 0 Å². The number of halogens is 3. The number of nitrogens with zero attached hydrogens (tertiary/aromatic N) is 4. The van der Waals surface area contributed by atoms with Gasteiger partial charge < -0.3 is 19.3 Å². The van der Waals surface area contributed by atoms with Crippen LogP contribution in [0.5, 0.6) is 5.75 Å². The van der Waals surface area contributed by atoms with Gasteiger partial charge in [0.1, 0.15) is 5.01 Å². The SMILES string of the molecule is ON1C2CC1CN(c1nc3c(OC(F)(F)F)ccc(-c4nccs4)c3o1)C2. The van der Waals surface area contributed by atoms with Gasteiger partial charge in [-0.05, 0) is 18.6 Å². The molecule has 2 unspecified atom stereocenters. The zero-order valence-electron chi connectivity index (χ0n) is 13.7. The number of oxazole rings is 1. The minimum atomic E-state index is -4.83. The van der Waals surface area contributed by atoms with Gasteiger partial charge in [-0.15, -0.1) is 24.5 Å². The molecule has 3 fully saturated rings. The smallest absolute Gasteiger partial charge is 0.422 e. The molecule has 2 bridgehead atoms. The van der Waals surface area contributed by atoms with Crippen molar-refractivity contribution in [1.82, 2.24) is 15.0 Å². The van der Waals surface area contributed by atoms with Crippen molar-refractivity contribution in [3.8, 4) is 16.3 Å². The third-order valence-electron chi connectivity index (χ3n) is 4.81. The summed E-state index contributed by atoms with van der Waals surface area (Å²) in [4.78, 5) is 10.3. The first-order valence-electron chi connectivity index (χ1n) is 8.20. The van der Waals surface area contributed by atoms with E-state index < -0.39 is 12.1 Å². The van der Waals surface area contributed by atoms with Crippen LogP contribution in [0.1, 0.15) is 6.42 Å². The molecule has 1 aromatic carbocycles. The number of anilines is 1. The van der Waals surface area contributed by atoms with Gasteiger partial charge in [-0.25, -0.2) is 4.98 Å². The number of rotatable bonds is 3.